The van der Waals surface area contributed by atoms with E-state index < -0.39 is 0 Å². The third kappa shape index (κ3) is 4.46. The van der Waals surface area contributed by atoms with Crippen molar-refractivity contribution >= 4 is 5.82 Å². The Kier molecular flexibility index (Phi) is 5.58. The van der Waals surface area contributed by atoms with E-state index in [4.69, 9.17) is 0 Å². The van der Waals surface area contributed by atoms with Crippen LogP contribution in [-0.2, 0) is 12.8 Å². The molecule has 1 saturated heterocycles. The highest BCUT2D eigenvalue weighted by atomic mass is 15.0. The molecule has 4 heteroatoms. The van der Waals surface area contributed by atoms with Crippen molar-refractivity contribution in [2.75, 3.05) is 25.0 Å². The van der Waals surface area contributed by atoms with Gasteiger partial charge in [-0.2, -0.15) is 0 Å². The molecule has 0 bridgehead atoms. The molecule has 0 radical (unpaired) electrons. The van der Waals surface area contributed by atoms with Gasteiger partial charge in [0.2, 0.25) is 0 Å². The molecule has 0 amide bonds. The first kappa shape index (κ1) is 14.3. The molecule has 0 unspecified atom stereocenters. The van der Waals surface area contributed by atoms with Crippen molar-refractivity contribution in [2.45, 2.75) is 46.0 Å². The van der Waals surface area contributed by atoms with Gasteiger partial charge in [-0.15, -0.1) is 0 Å². The van der Waals surface area contributed by atoms with Crippen LogP contribution in [0.4, 0.5) is 5.82 Å². The lowest BCUT2D eigenvalue weighted by molar-refractivity contribution is 0.389. The van der Waals surface area contributed by atoms with Crippen molar-refractivity contribution in [2.24, 2.45) is 5.92 Å². The highest BCUT2D eigenvalue weighted by molar-refractivity contribution is 5.36. The van der Waals surface area contributed by atoms with Gasteiger partial charge in [-0.3, -0.25) is 0 Å². The zero-order valence-corrected chi connectivity index (χ0v) is 12.2. The molecule has 2 rings (SSSR count). The Morgan fingerprint density at radius 3 is 2.74 bits per heavy atom. The number of nitrogens with one attached hydrogen (secondary N) is 2. The predicted molar refractivity (Wildman–Crippen MR) is 79.5 cm³/mol. The number of rotatable bonds is 6. The van der Waals surface area contributed by atoms with Gasteiger partial charge in [0.05, 0.1) is 0 Å². The summed E-state index contributed by atoms with van der Waals surface area (Å²) in [5, 5.41) is 6.91. The van der Waals surface area contributed by atoms with Crippen LogP contribution in [0.1, 0.15) is 44.6 Å². The monoisotopic (exact) mass is 262 g/mol. The molecule has 1 aromatic rings. The molecule has 106 valence electrons. The topological polar surface area (TPSA) is 49.8 Å². The molecule has 1 aliphatic rings. The summed E-state index contributed by atoms with van der Waals surface area (Å²) in [5.74, 6) is 2.74. The van der Waals surface area contributed by atoms with Gasteiger partial charge in [0.1, 0.15) is 11.6 Å². The number of aromatic nitrogens is 2. The molecule has 0 aromatic carbocycles. The minimum absolute atomic E-state index is 0.774. The summed E-state index contributed by atoms with van der Waals surface area (Å²) in [6, 6.07) is 2.11. The van der Waals surface area contributed by atoms with Gasteiger partial charge in [-0.25, -0.2) is 9.97 Å². The predicted octanol–water partition coefficient (Wildman–Crippen LogP) is 2.40. The minimum Gasteiger partial charge on any atom is -0.370 e. The number of anilines is 1. The molecule has 1 fully saturated rings. The average molecular weight is 262 g/mol. The molecule has 0 saturated carbocycles. The lowest BCUT2D eigenvalue weighted by atomic mass is 9.98. The summed E-state index contributed by atoms with van der Waals surface area (Å²) in [7, 11) is 0. The van der Waals surface area contributed by atoms with Crippen LogP contribution >= 0.6 is 0 Å². The summed E-state index contributed by atoms with van der Waals surface area (Å²) >= 11 is 0. The lowest BCUT2D eigenvalue weighted by Gasteiger charge is -2.23. The van der Waals surface area contributed by atoms with Gasteiger partial charge in [-0.05, 0) is 38.3 Å². The van der Waals surface area contributed by atoms with E-state index in [-0.39, 0.29) is 0 Å². The van der Waals surface area contributed by atoms with Crippen molar-refractivity contribution in [3.8, 4) is 0 Å². The van der Waals surface area contributed by atoms with Crippen molar-refractivity contribution in [3.05, 3.63) is 17.6 Å². The van der Waals surface area contributed by atoms with Crippen molar-refractivity contribution < 1.29 is 0 Å². The Hall–Kier alpha value is -1.16. The fraction of sp³-hybridized carbons (Fsp3) is 0.733. The molecule has 1 aromatic heterocycles. The van der Waals surface area contributed by atoms with E-state index in [9.17, 15) is 0 Å². The molecule has 2 N–H and O–H groups in total. The number of hydrogen-bond donors (Lipinski definition) is 2. The quantitative estimate of drug-likeness (QED) is 0.826. The second-order valence-corrected chi connectivity index (χ2v) is 5.34. The van der Waals surface area contributed by atoms with Gasteiger partial charge in [0.15, 0.2) is 0 Å². The molecule has 4 nitrogen and oxygen atoms in total. The molecule has 19 heavy (non-hydrogen) atoms. The molecule has 2 heterocycles. The van der Waals surface area contributed by atoms with Gasteiger partial charge < -0.3 is 10.6 Å². The lowest BCUT2D eigenvalue weighted by Crippen LogP contribution is -2.31. The van der Waals surface area contributed by atoms with Gasteiger partial charge in [0.25, 0.3) is 0 Å². The zero-order chi connectivity index (χ0) is 13.5. The number of hydrogen-bond acceptors (Lipinski definition) is 4. The van der Waals surface area contributed by atoms with E-state index in [1.54, 1.807) is 0 Å². The van der Waals surface area contributed by atoms with Crippen LogP contribution in [0, 0.1) is 5.92 Å². The summed E-state index contributed by atoms with van der Waals surface area (Å²) in [4.78, 5) is 9.16. The van der Waals surface area contributed by atoms with Crippen LogP contribution in [0.15, 0.2) is 6.07 Å². The third-order valence-corrected chi connectivity index (χ3v) is 3.68. The number of nitrogens with zero attached hydrogens (tertiary/aromatic N) is 2. The number of aryl methyl sites for hydroxylation is 2. The standard InChI is InChI=1S/C15H26N4/c1-3-5-13-10-15(19-14(4-2)18-13)17-11-12-6-8-16-9-7-12/h10,12,16H,3-9,11H2,1-2H3,(H,17,18,19). The van der Waals surface area contributed by atoms with E-state index in [1.807, 2.05) is 0 Å². The first-order chi connectivity index (χ1) is 9.31. The highest BCUT2D eigenvalue weighted by Crippen LogP contribution is 2.14. The van der Waals surface area contributed by atoms with Crippen LogP contribution in [0.2, 0.25) is 0 Å². The largest absolute Gasteiger partial charge is 0.370 e. The van der Waals surface area contributed by atoms with Gasteiger partial charge in [-0.1, -0.05) is 20.3 Å². The molecular weight excluding hydrogens is 236 g/mol. The number of piperidine rings is 1. The average Bonchev–Trinajstić information content (AvgIpc) is 2.46. The van der Waals surface area contributed by atoms with Gasteiger partial charge >= 0.3 is 0 Å². The van der Waals surface area contributed by atoms with E-state index in [2.05, 4.69) is 40.5 Å². The Labute approximate surface area is 116 Å². The van der Waals surface area contributed by atoms with E-state index >= 15 is 0 Å². The van der Waals surface area contributed by atoms with Crippen molar-refractivity contribution in [3.63, 3.8) is 0 Å². The maximum Gasteiger partial charge on any atom is 0.130 e. The van der Waals surface area contributed by atoms with Crippen molar-refractivity contribution in [1.29, 1.82) is 0 Å². The molecular formula is C15H26N4. The summed E-state index contributed by atoms with van der Waals surface area (Å²) in [6.45, 7) is 7.64. The summed E-state index contributed by atoms with van der Waals surface area (Å²) in [5.41, 5.74) is 1.17. The molecule has 0 spiro atoms. The molecule has 0 aliphatic carbocycles. The fourth-order valence-corrected chi connectivity index (χ4v) is 2.52. The van der Waals surface area contributed by atoms with E-state index in [0.717, 1.165) is 56.5 Å². The summed E-state index contributed by atoms with van der Waals surface area (Å²) in [6.07, 6.45) is 5.60. The SMILES string of the molecule is CCCc1cc(NCC2CCNCC2)nc(CC)n1. The molecule has 1 aliphatic heterocycles. The van der Waals surface area contributed by atoms with Crippen LogP contribution in [0.5, 0.6) is 0 Å². The minimum atomic E-state index is 0.774. The normalized spacial score (nSPS) is 16.5. The maximum atomic E-state index is 4.58. The summed E-state index contributed by atoms with van der Waals surface area (Å²) < 4.78 is 0. The fourth-order valence-electron chi connectivity index (χ4n) is 2.52. The van der Waals surface area contributed by atoms with E-state index in [0.29, 0.717) is 0 Å². The zero-order valence-electron chi connectivity index (χ0n) is 12.2. The van der Waals surface area contributed by atoms with Crippen LogP contribution in [0.25, 0.3) is 0 Å². The second-order valence-electron chi connectivity index (χ2n) is 5.34. The van der Waals surface area contributed by atoms with Crippen molar-refractivity contribution in [1.82, 2.24) is 15.3 Å². The van der Waals surface area contributed by atoms with Crippen LogP contribution < -0.4 is 10.6 Å². The smallest absolute Gasteiger partial charge is 0.130 e. The Morgan fingerprint density at radius 1 is 1.26 bits per heavy atom. The Balaban J connectivity index is 1.95. The third-order valence-electron chi connectivity index (χ3n) is 3.68. The van der Waals surface area contributed by atoms with E-state index in [1.165, 1.54) is 18.5 Å². The Morgan fingerprint density at radius 2 is 2.05 bits per heavy atom. The molecule has 0 atom stereocenters. The first-order valence-electron chi connectivity index (χ1n) is 7.63. The second kappa shape index (κ2) is 7.43. The first-order valence-corrected chi connectivity index (χ1v) is 7.63. The van der Waals surface area contributed by atoms with Crippen LogP contribution in [0.3, 0.4) is 0 Å². The van der Waals surface area contributed by atoms with Gasteiger partial charge in [0, 0.05) is 24.7 Å². The Bertz CT molecular complexity index is 386. The van der Waals surface area contributed by atoms with Crippen LogP contribution in [-0.4, -0.2) is 29.6 Å². The highest BCUT2D eigenvalue weighted by Gasteiger charge is 2.13. The maximum absolute atomic E-state index is 4.58.